The molecule has 1 aromatic carbocycles. The van der Waals surface area contributed by atoms with E-state index < -0.39 is 0 Å². The highest BCUT2D eigenvalue weighted by Gasteiger charge is 2.23. The quantitative estimate of drug-likeness (QED) is 0.687. The molecular formula is C14H19ClN2OS. The van der Waals surface area contributed by atoms with Crippen LogP contribution in [0.1, 0.15) is 26.2 Å². The maximum atomic E-state index is 12.3. The van der Waals surface area contributed by atoms with Crippen molar-refractivity contribution in [1.82, 2.24) is 4.90 Å². The number of piperidine rings is 1. The van der Waals surface area contributed by atoms with E-state index in [-0.39, 0.29) is 11.2 Å². The van der Waals surface area contributed by atoms with Gasteiger partial charge in [0.1, 0.15) is 0 Å². The molecule has 19 heavy (non-hydrogen) atoms. The Morgan fingerprint density at radius 2 is 2.05 bits per heavy atom. The van der Waals surface area contributed by atoms with Gasteiger partial charge in [0.25, 0.3) is 0 Å². The van der Waals surface area contributed by atoms with Crippen LogP contribution < -0.4 is 5.73 Å². The number of carbonyl (C=O) groups excluding carboxylic acids is 1. The number of carbonyl (C=O) groups is 1. The van der Waals surface area contributed by atoms with Crippen molar-refractivity contribution < 1.29 is 4.79 Å². The lowest BCUT2D eigenvalue weighted by molar-refractivity contribution is -0.131. The van der Waals surface area contributed by atoms with Gasteiger partial charge in [0.2, 0.25) is 5.91 Å². The first-order chi connectivity index (χ1) is 9.08. The number of rotatable bonds is 3. The Labute approximate surface area is 123 Å². The van der Waals surface area contributed by atoms with E-state index in [1.54, 1.807) is 12.1 Å². The third-order valence-corrected chi connectivity index (χ3v) is 4.69. The van der Waals surface area contributed by atoms with Gasteiger partial charge in [-0.25, -0.2) is 0 Å². The highest BCUT2D eigenvalue weighted by molar-refractivity contribution is 8.00. The molecule has 1 atom stereocenters. The van der Waals surface area contributed by atoms with Crippen LogP contribution in [0.4, 0.5) is 5.69 Å². The molecule has 0 radical (unpaired) electrons. The molecule has 104 valence electrons. The molecule has 2 N–H and O–H groups in total. The van der Waals surface area contributed by atoms with Crippen molar-refractivity contribution in [1.29, 1.82) is 0 Å². The summed E-state index contributed by atoms with van der Waals surface area (Å²) in [6.07, 6.45) is 3.46. The Bertz CT molecular complexity index is 461. The van der Waals surface area contributed by atoms with Crippen LogP contribution in [0.3, 0.4) is 0 Å². The zero-order valence-electron chi connectivity index (χ0n) is 11.1. The van der Waals surface area contributed by atoms with Crippen molar-refractivity contribution in [3.63, 3.8) is 0 Å². The predicted molar refractivity (Wildman–Crippen MR) is 81.6 cm³/mol. The van der Waals surface area contributed by atoms with E-state index >= 15 is 0 Å². The molecule has 1 aromatic rings. The van der Waals surface area contributed by atoms with Crippen LogP contribution in [-0.4, -0.2) is 29.1 Å². The van der Waals surface area contributed by atoms with Crippen LogP contribution in [0.25, 0.3) is 0 Å². The Morgan fingerprint density at radius 3 is 2.74 bits per heavy atom. The highest BCUT2D eigenvalue weighted by atomic mass is 35.5. The molecule has 1 fully saturated rings. The van der Waals surface area contributed by atoms with Gasteiger partial charge < -0.3 is 10.6 Å². The van der Waals surface area contributed by atoms with Crippen LogP contribution in [0.5, 0.6) is 0 Å². The minimum Gasteiger partial charge on any atom is -0.398 e. The van der Waals surface area contributed by atoms with Crippen LogP contribution in [0.15, 0.2) is 23.1 Å². The van der Waals surface area contributed by atoms with E-state index in [0.29, 0.717) is 10.7 Å². The van der Waals surface area contributed by atoms with E-state index in [2.05, 4.69) is 0 Å². The Balaban J connectivity index is 2.01. The normalized spacial score (nSPS) is 17.3. The molecule has 1 saturated heterocycles. The van der Waals surface area contributed by atoms with Crippen molar-refractivity contribution >= 4 is 35.0 Å². The van der Waals surface area contributed by atoms with Gasteiger partial charge in [0.15, 0.2) is 0 Å². The third-order valence-electron chi connectivity index (χ3n) is 3.29. The second-order valence-electron chi connectivity index (χ2n) is 4.83. The molecule has 3 nitrogen and oxygen atoms in total. The maximum absolute atomic E-state index is 12.3. The van der Waals surface area contributed by atoms with Gasteiger partial charge in [-0.15, -0.1) is 11.8 Å². The van der Waals surface area contributed by atoms with Crippen LogP contribution >= 0.6 is 23.4 Å². The molecule has 1 amide bonds. The lowest BCUT2D eigenvalue weighted by Crippen LogP contribution is -2.40. The lowest BCUT2D eigenvalue weighted by Gasteiger charge is -2.29. The summed E-state index contributed by atoms with van der Waals surface area (Å²) in [5.74, 6) is 0.198. The van der Waals surface area contributed by atoms with Crippen molar-refractivity contribution in [2.24, 2.45) is 0 Å². The second-order valence-corrected chi connectivity index (χ2v) is 6.65. The van der Waals surface area contributed by atoms with Crippen molar-refractivity contribution in [2.75, 3.05) is 18.8 Å². The number of nitrogens with two attached hydrogens (primary N) is 1. The number of nitrogens with zero attached hydrogens (tertiary/aromatic N) is 1. The summed E-state index contributed by atoms with van der Waals surface area (Å²) in [6, 6.07) is 5.36. The van der Waals surface area contributed by atoms with Gasteiger partial charge in [0, 0.05) is 28.7 Å². The first-order valence-corrected chi connectivity index (χ1v) is 7.84. The topological polar surface area (TPSA) is 46.3 Å². The smallest absolute Gasteiger partial charge is 0.235 e. The third kappa shape index (κ3) is 3.80. The number of benzene rings is 1. The van der Waals surface area contributed by atoms with Gasteiger partial charge in [-0.1, -0.05) is 11.6 Å². The van der Waals surface area contributed by atoms with Crippen molar-refractivity contribution in [3.8, 4) is 0 Å². The number of hydrogen-bond donors (Lipinski definition) is 1. The summed E-state index contributed by atoms with van der Waals surface area (Å²) in [7, 11) is 0. The monoisotopic (exact) mass is 298 g/mol. The molecule has 1 aliphatic rings. The average Bonchev–Trinajstić information content (AvgIpc) is 2.43. The molecule has 0 bridgehead atoms. The van der Waals surface area contributed by atoms with E-state index in [4.69, 9.17) is 17.3 Å². The molecule has 2 rings (SSSR count). The number of halogens is 1. The van der Waals surface area contributed by atoms with E-state index in [1.165, 1.54) is 18.2 Å². The van der Waals surface area contributed by atoms with Gasteiger partial charge in [-0.2, -0.15) is 0 Å². The Kier molecular flexibility index (Phi) is 4.99. The summed E-state index contributed by atoms with van der Waals surface area (Å²) in [6.45, 7) is 3.70. The molecule has 1 aliphatic heterocycles. The number of likely N-dealkylation sites (tertiary alicyclic amines) is 1. The number of amides is 1. The molecule has 0 spiro atoms. The van der Waals surface area contributed by atoms with Gasteiger partial charge in [0.05, 0.1) is 5.25 Å². The lowest BCUT2D eigenvalue weighted by atomic mass is 10.1. The highest BCUT2D eigenvalue weighted by Crippen LogP contribution is 2.32. The Morgan fingerprint density at radius 1 is 1.37 bits per heavy atom. The predicted octanol–water partition coefficient (Wildman–Crippen LogP) is 3.42. The average molecular weight is 299 g/mol. The molecular weight excluding hydrogens is 280 g/mol. The zero-order chi connectivity index (χ0) is 13.8. The van der Waals surface area contributed by atoms with E-state index in [0.717, 1.165) is 30.8 Å². The number of anilines is 1. The van der Waals surface area contributed by atoms with Gasteiger partial charge in [-0.3, -0.25) is 4.79 Å². The fraction of sp³-hybridized carbons (Fsp3) is 0.500. The molecule has 1 unspecified atom stereocenters. The summed E-state index contributed by atoms with van der Waals surface area (Å²) < 4.78 is 0. The molecule has 0 aliphatic carbocycles. The van der Waals surface area contributed by atoms with E-state index in [9.17, 15) is 4.79 Å². The molecule has 0 aromatic heterocycles. The largest absolute Gasteiger partial charge is 0.398 e. The van der Waals surface area contributed by atoms with Crippen LogP contribution in [0.2, 0.25) is 5.02 Å². The van der Waals surface area contributed by atoms with Gasteiger partial charge in [-0.05, 0) is 44.4 Å². The van der Waals surface area contributed by atoms with Crippen molar-refractivity contribution in [3.05, 3.63) is 23.2 Å². The molecule has 1 heterocycles. The SMILES string of the molecule is CC(Sc1cc(Cl)ccc1N)C(=O)N1CCCCC1. The second kappa shape index (κ2) is 6.53. The number of thioether (sulfide) groups is 1. The Hall–Kier alpha value is -0.870. The minimum atomic E-state index is -0.126. The van der Waals surface area contributed by atoms with Crippen molar-refractivity contribution in [2.45, 2.75) is 36.3 Å². The summed E-state index contributed by atoms with van der Waals surface area (Å²) >= 11 is 7.45. The number of nitrogen functional groups attached to an aromatic ring is 1. The maximum Gasteiger partial charge on any atom is 0.235 e. The molecule has 0 saturated carbocycles. The minimum absolute atomic E-state index is 0.126. The first-order valence-electron chi connectivity index (χ1n) is 6.58. The summed E-state index contributed by atoms with van der Waals surface area (Å²) in [5.41, 5.74) is 6.59. The molecule has 5 heteroatoms. The first kappa shape index (κ1) is 14.5. The summed E-state index contributed by atoms with van der Waals surface area (Å²) in [4.78, 5) is 15.2. The number of hydrogen-bond acceptors (Lipinski definition) is 3. The van der Waals surface area contributed by atoms with Crippen LogP contribution in [-0.2, 0) is 4.79 Å². The fourth-order valence-corrected chi connectivity index (χ4v) is 3.49. The van der Waals surface area contributed by atoms with Gasteiger partial charge >= 0.3 is 0 Å². The zero-order valence-corrected chi connectivity index (χ0v) is 12.6. The standard InChI is InChI=1S/C14H19ClN2OS/c1-10(14(18)17-7-3-2-4-8-17)19-13-9-11(15)5-6-12(13)16/h5-6,9-10H,2-4,7-8,16H2,1H3. The fourth-order valence-electron chi connectivity index (χ4n) is 2.22. The van der Waals surface area contributed by atoms with E-state index in [1.807, 2.05) is 17.9 Å². The van der Waals surface area contributed by atoms with Crippen LogP contribution in [0, 0.1) is 0 Å². The summed E-state index contributed by atoms with van der Waals surface area (Å²) in [5, 5.41) is 0.521.